The van der Waals surface area contributed by atoms with Gasteiger partial charge in [0.2, 0.25) is 5.91 Å². The Balaban J connectivity index is 1.25. The summed E-state index contributed by atoms with van der Waals surface area (Å²) in [5.74, 6) is 0.156. The quantitative estimate of drug-likeness (QED) is 0.615. The van der Waals surface area contributed by atoms with Gasteiger partial charge in [0, 0.05) is 5.69 Å². The number of benzene rings is 2. The Labute approximate surface area is 188 Å². The van der Waals surface area contributed by atoms with E-state index in [9.17, 15) is 14.7 Å². The molecule has 4 aliphatic carbocycles. The summed E-state index contributed by atoms with van der Waals surface area (Å²) in [6.07, 6.45) is 5.14. The number of hydrogen-bond donors (Lipinski definition) is 2. The van der Waals surface area contributed by atoms with Crippen LogP contribution in [0.4, 0.5) is 5.69 Å². The van der Waals surface area contributed by atoms with Gasteiger partial charge in [0.1, 0.15) is 11.5 Å². The first-order valence-electron chi connectivity index (χ1n) is 11.3. The molecule has 32 heavy (non-hydrogen) atoms. The van der Waals surface area contributed by atoms with Gasteiger partial charge < -0.3 is 15.2 Å². The third-order valence-electron chi connectivity index (χ3n) is 7.32. The van der Waals surface area contributed by atoms with Crippen LogP contribution in [0.3, 0.4) is 0 Å². The van der Waals surface area contributed by atoms with Crippen molar-refractivity contribution in [2.24, 2.45) is 35.5 Å². The van der Waals surface area contributed by atoms with E-state index in [1.807, 2.05) is 30.3 Å². The van der Waals surface area contributed by atoms with Gasteiger partial charge in [-0.25, -0.2) is 0 Å². The van der Waals surface area contributed by atoms with E-state index in [1.54, 1.807) is 12.1 Å². The minimum Gasteiger partial charge on any atom is -0.481 e. The monoisotopic (exact) mass is 431 g/mol. The van der Waals surface area contributed by atoms with Crippen LogP contribution in [-0.2, 0) is 15.0 Å². The molecule has 5 heteroatoms. The van der Waals surface area contributed by atoms with Crippen LogP contribution in [0.2, 0.25) is 0 Å². The highest BCUT2D eigenvalue weighted by atomic mass is 16.5. The molecule has 2 saturated carbocycles. The number of carbonyl (C=O) groups excluding carboxylic acids is 1. The normalized spacial score (nSPS) is 29.8. The molecule has 6 rings (SSSR count). The summed E-state index contributed by atoms with van der Waals surface area (Å²) in [5, 5.41) is 12.7. The second kappa shape index (κ2) is 7.51. The van der Waals surface area contributed by atoms with Crippen molar-refractivity contribution < 1.29 is 19.4 Å². The topological polar surface area (TPSA) is 75.6 Å². The van der Waals surface area contributed by atoms with E-state index < -0.39 is 17.8 Å². The molecule has 0 aromatic heterocycles. The Morgan fingerprint density at radius 1 is 0.875 bits per heavy atom. The molecule has 5 nitrogen and oxygen atoms in total. The maximum absolute atomic E-state index is 13.1. The van der Waals surface area contributed by atoms with E-state index in [1.165, 1.54) is 5.56 Å². The standard InChI is InChI=1S/C27H29NO4/c1-27(2,3)15-4-8-17(9-5-15)32-18-10-6-16(7-11-18)28-25(29)23-19-12-13-20(22-14-21(19)22)24(23)26(30)31/h4-13,19-24H,14H2,1-3H3,(H,28,29)(H,30,31)/t19-,20+,21+,22+,23+,24-/m0/s1. The molecule has 0 heterocycles. The number of carbonyl (C=O) groups is 2. The van der Waals surface area contributed by atoms with E-state index in [-0.39, 0.29) is 23.2 Å². The summed E-state index contributed by atoms with van der Waals surface area (Å²) < 4.78 is 5.93. The molecule has 0 radical (unpaired) electrons. The summed E-state index contributed by atoms with van der Waals surface area (Å²) in [6, 6.07) is 15.3. The average Bonchev–Trinajstić information content (AvgIpc) is 3.57. The van der Waals surface area contributed by atoms with Crippen molar-refractivity contribution in [3.05, 3.63) is 66.2 Å². The largest absolute Gasteiger partial charge is 0.481 e. The van der Waals surface area contributed by atoms with Gasteiger partial charge in [-0.1, -0.05) is 45.1 Å². The molecular weight excluding hydrogens is 402 g/mol. The van der Waals surface area contributed by atoms with Gasteiger partial charge in [-0.2, -0.15) is 0 Å². The molecule has 0 spiro atoms. The molecule has 2 bridgehead atoms. The van der Waals surface area contributed by atoms with Crippen LogP contribution >= 0.6 is 0 Å². The zero-order valence-corrected chi connectivity index (χ0v) is 18.6. The highest BCUT2D eigenvalue weighted by Gasteiger charge is 2.62. The van der Waals surface area contributed by atoms with Crippen LogP contribution in [-0.4, -0.2) is 17.0 Å². The number of rotatable bonds is 5. The van der Waals surface area contributed by atoms with Gasteiger partial charge >= 0.3 is 5.97 Å². The number of nitrogens with one attached hydrogen (secondary N) is 1. The molecule has 2 N–H and O–H groups in total. The zero-order valence-electron chi connectivity index (χ0n) is 18.6. The first-order chi connectivity index (χ1) is 15.2. The van der Waals surface area contributed by atoms with Crippen molar-refractivity contribution in [2.75, 3.05) is 5.32 Å². The number of carboxylic acids is 1. The van der Waals surface area contributed by atoms with Crippen molar-refractivity contribution in [1.29, 1.82) is 0 Å². The summed E-state index contributed by atoms with van der Waals surface area (Å²) in [6.45, 7) is 6.52. The van der Waals surface area contributed by atoms with Gasteiger partial charge in [-0.15, -0.1) is 0 Å². The predicted molar refractivity (Wildman–Crippen MR) is 123 cm³/mol. The Bertz CT molecular complexity index is 1060. The lowest BCUT2D eigenvalue weighted by Gasteiger charge is -2.41. The Hall–Kier alpha value is -3.08. The molecule has 4 aliphatic rings. The number of aliphatic carboxylic acids is 1. The smallest absolute Gasteiger partial charge is 0.307 e. The average molecular weight is 432 g/mol. The van der Waals surface area contributed by atoms with Crippen LogP contribution in [0.15, 0.2) is 60.7 Å². The van der Waals surface area contributed by atoms with Crippen molar-refractivity contribution in [3.63, 3.8) is 0 Å². The zero-order chi connectivity index (χ0) is 22.6. The molecule has 2 aromatic carbocycles. The first kappa shape index (κ1) is 20.8. The SMILES string of the molecule is CC(C)(C)c1ccc(Oc2ccc(NC(=O)[C@@H]3[C@H]4C=C[C@H]([C@H]5C[C@H]45)[C@@H]3C(=O)O)cc2)cc1. The van der Waals surface area contributed by atoms with E-state index in [2.05, 4.69) is 44.3 Å². The van der Waals surface area contributed by atoms with Crippen molar-refractivity contribution in [2.45, 2.75) is 32.6 Å². The van der Waals surface area contributed by atoms with Crippen molar-refractivity contribution in [1.82, 2.24) is 0 Å². The number of allylic oxidation sites excluding steroid dienone is 2. The van der Waals surface area contributed by atoms with Gasteiger partial charge in [0.25, 0.3) is 0 Å². The highest BCUT2D eigenvalue weighted by Crippen LogP contribution is 2.63. The third kappa shape index (κ3) is 3.70. The lowest BCUT2D eigenvalue weighted by Crippen LogP contribution is -2.48. The molecule has 6 atom stereocenters. The van der Waals surface area contributed by atoms with Gasteiger partial charge in [-0.05, 0) is 77.5 Å². The summed E-state index contributed by atoms with van der Waals surface area (Å²) in [5.41, 5.74) is 1.98. The minimum atomic E-state index is -0.865. The second-order valence-corrected chi connectivity index (χ2v) is 10.4. The Morgan fingerprint density at radius 3 is 1.94 bits per heavy atom. The molecule has 166 valence electrons. The highest BCUT2D eigenvalue weighted by molar-refractivity contribution is 5.96. The van der Waals surface area contributed by atoms with Crippen molar-refractivity contribution >= 4 is 17.6 Å². The maximum atomic E-state index is 13.1. The number of carboxylic acid groups (broad SMARTS) is 1. The fourth-order valence-electron chi connectivity index (χ4n) is 5.56. The fraction of sp³-hybridized carbons (Fsp3) is 0.407. The third-order valence-corrected chi connectivity index (χ3v) is 7.32. The second-order valence-electron chi connectivity index (χ2n) is 10.4. The Kier molecular flexibility index (Phi) is 4.88. The maximum Gasteiger partial charge on any atom is 0.307 e. The molecular formula is C27H29NO4. The molecule has 1 amide bonds. The molecule has 0 aliphatic heterocycles. The van der Waals surface area contributed by atoms with Crippen LogP contribution in [0.1, 0.15) is 32.8 Å². The van der Waals surface area contributed by atoms with Crippen LogP contribution in [0, 0.1) is 35.5 Å². The van der Waals surface area contributed by atoms with Crippen LogP contribution < -0.4 is 10.1 Å². The molecule has 0 saturated heterocycles. The summed E-state index contributed by atoms with van der Waals surface area (Å²) >= 11 is 0. The van der Waals surface area contributed by atoms with E-state index in [4.69, 9.17) is 4.74 Å². The first-order valence-corrected chi connectivity index (χ1v) is 11.3. The molecule has 2 fully saturated rings. The Morgan fingerprint density at radius 2 is 1.41 bits per heavy atom. The van der Waals surface area contributed by atoms with Crippen LogP contribution in [0.5, 0.6) is 11.5 Å². The minimum absolute atomic E-state index is 0.0151. The van der Waals surface area contributed by atoms with Gasteiger partial charge in [-0.3, -0.25) is 9.59 Å². The molecule has 2 aromatic rings. The number of hydrogen-bond acceptors (Lipinski definition) is 3. The fourth-order valence-corrected chi connectivity index (χ4v) is 5.56. The number of ether oxygens (including phenoxy) is 1. The van der Waals surface area contributed by atoms with Gasteiger partial charge in [0.05, 0.1) is 11.8 Å². The number of amides is 1. The van der Waals surface area contributed by atoms with Crippen LogP contribution in [0.25, 0.3) is 0 Å². The van der Waals surface area contributed by atoms with Crippen molar-refractivity contribution in [3.8, 4) is 11.5 Å². The lowest BCUT2D eigenvalue weighted by atomic mass is 9.62. The van der Waals surface area contributed by atoms with Gasteiger partial charge in [0.15, 0.2) is 0 Å². The van der Waals surface area contributed by atoms with E-state index in [0.29, 0.717) is 23.3 Å². The number of fused-ring (bicyclic) bond motifs is 1. The number of anilines is 1. The predicted octanol–water partition coefficient (Wildman–Crippen LogP) is 5.48. The molecule has 0 unspecified atom stereocenters. The summed E-state index contributed by atoms with van der Waals surface area (Å²) in [4.78, 5) is 25.0. The van der Waals surface area contributed by atoms with E-state index in [0.717, 1.165) is 12.2 Å². The summed E-state index contributed by atoms with van der Waals surface area (Å²) in [7, 11) is 0. The lowest BCUT2D eigenvalue weighted by molar-refractivity contribution is -0.152. The van der Waals surface area contributed by atoms with E-state index >= 15 is 0 Å².